The maximum Gasteiger partial charge on any atom is 0.255 e. The van der Waals surface area contributed by atoms with Gasteiger partial charge in [-0.3, -0.25) is 9.59 Å². The van der Waals surface area contributed by atoms with Crippen molar-refractivity contribution >= 4 is 11.8 Å². The fourth-order valence-electron chi connectivity index (χ4n) is 2.02. The standard InChI is InChI=1S/C19H22N2O4/c1-21(2)18(22)14-20-19(23)16-10-6-7-11-17(16)25-13-12-24-15-8-4-3-5-9-15/h3-11H,12-14H2,1-2H3,(H,20,23). The van der Waals surface area contributed by atoms with Crippen LogP contribution in [0.25, 0.3) is 0 Å². The molecule has 0 bridgehead atoms. The zero-order chi connectivity index (χ0) is 18.1. The van der Waals surface area contributed by atoms with E-state index in [4.69, 9.17) is 9.47 Å². The lowest BCUT2D eigenvalue weighted by atomic mass is 10.2. The lowest BCUT2D eigenvalue weighted by Crippen LogP contribution is -2.36. The highest BCUT2D eigenvalue weighted by molar-refractivity contribution is 5.98. The maximum atomic E-state index is 12.3. The topological polar surface area (TPSA) is 67.9 Å². The van der Waals surface area contributed by atoms with Gasteiger partial charge in [-0.15, -0.1) is 0 Å². The second kappa shape index (κ2) is 9.32. The Bertz CT molecular complexity index is 702. The van der Waals surface area contributed by atoms with E-state index in [1.807, 2.05) is 30.3 Å². The van der Waals surface area contributed by atoms with Crippen molar-refractivity contribution in [3.8, 4) is 11.5 Å². The summed E-state index contributed by atoms with van der Waals surface area (Å²) in [7, 11) is 3.27. The number of hydrogen-bond acceptors (Lipinski definition) is 4. The van der Waals surface area contributed by atoms with E-state index in [1.54, 1.807) is 38.4 Å². The highest BCUT2D eigenvalue weighted by Gasteiger charge is 2.13. The molecular weight excluding hydrogens is 320 g/mol. The Morgan fingerprint density at radius 2 is 1.56 bits per heavy atom. The van der Waals surface area contributed by atoms with Gasteiger partial charge in [0.25, 0.3) is 5.91 Å². The van der Waals surface area contributed by atoms with Crippen LogP contribution in [-0.2, 0) is 4.79 Å². The maximum absolute atomic E-state index is 12.3. The van der Waals surface area contributed by atoms with Crippen LogP contribution in [0.3, 0.4) is 0 Å². The zero-order valence-electron chi connectivity index (χ0n) is 14.4. The number of carbonyl (C=O) groups is 2. The van der Waals surface area contributed by atoms with Crippen LogP contribution in [0.1, 0.15) is 10.4 Å². The molecule has 0 aromatic heterocycles. The van der Waals surface area contributed by atoms with E-state index in [-0.39, 0.29) is 18.4 Å². The summed E-state index contributed by atoms with van der Waals surface area (Å²) in [5.74, 6) is 0.686. The predicted octanol–water partition coefficient (Wildman–Crippen LogP) is 1.96. The summed E-state index contributed by atoms with van der Waals surface area (Å²) in [6.45, 7) is 0.603. The molecule has 0 saturated carbocycles. The van der Waals surface area contributed by atoms with Gasteiger partial charge in [-0.05, 0) is 24.3 Å². The van der Waals surface area contributed by atoms with E-state index < -0.39 is 0 Å². The first kappa shape index (κ1) is 18.3. The molecule has 0 saturated heterocycles. The van der Waals surface area contributed by atoms with Crippen molar-refractivity contribution in [1.29, 1.82) is 0 Å². The summed E-state index contributed by atoms with van der Waals surface area (Å²) in [6, 6.07) is 16.3. The SMILES string of the molecule is CN(C)C(=O)CNC(=O)c1ccccc1OCCOc1ccccc1. The fraction of sp³-hybridized carbons (Fsp3) is 0.263. The van der Waals surface area contributed by atoms with Gasteiger partial charge in [0, 0.05) is 14.1 Å². The van der Waals surface area contributed by atoms with Crippen molar-refractivity contribution in [2.24, 2.45) is 0 Å². The van der Waals surface area contributed by atoms with Crippen molar-refractivity contribution in [1.82, 2.24) is 10.2 Å². The molecule has 0 aliphatic heterocycles. The van der Waals surface area contributed by atoms with E-state index >= 15 is 0 Å². The third-order valence-electron chi connectivity index (χ3n) is 3.38. The molecule has 25 heavy (non-hydrogen) atoms. The predicted molar refractivity (Wildman–Crippen MR) is 94.9 cm³/mol. The molecule has 0 aliphatic carbocycles. The summed E-state index contributed by atoms with van der Waals surface area (Å²) < 4.78 is 11.2. The first-order valence-electron chi connectivity index (χ1n) is 7.96. The molecule has 1 N–H and O–H groups in total. The Morgan fingerprint density at radius 1 is 0.920 bits per heavy atom. The number of amides is 2. The van der Waals surface area contributed by atoms with E-state index in [1.165, 1.54) is 4.90 Å². The molecule has 2 rings (SSSR count). The van der Waals surface area contributed by atoms with Crippen molar-refractivity contribution in [3.05, 3.63) is 60.2 Å². The molecule has 0 heterocycles. The lowest BCUT2D eigenvalue weighted by molar-refractivity contribution is -0.127. The minimum atomic E-state index is -0.352. The van der Waals surface area contributed by atoms with Crippen LogP contribution in [0.4, 0.5) is 0 Å². The first-order valence-corrected chi connectivity index (χ1v) is 7.96. The quantitative estimate of drug-likeness (QED) is 0.745. The van der Waals surface area contributed by atoms with Gasteiger partial charge in [-0.2, -0.15) is 0 Å². The van der Waals surface area contributed by atoms with Gasteiger partial charge in [-0.25, -0.2) is 0 Å². The molecule has 2 aromatic carbocycles. The molecule has 0 unspecified atom stereocenters. The van der Waals surface area contributed by atoms with Crippen LogP contribution in [0, 0.1) is 0 Å². The Labute approximate surface area is 147 Å². The van der Waals surface area contributed by atoms with E-state index in [0.717, 1.165) is 5.75 Å². The first-order chi connectivity index (χ1) is 12.1. The number of likely N-dealkylation sites (N-methyl/N-ethyl adjacent to an activating group) is 1. The van der Waals surface area contributed by atoms with Crippen LogP contribution in [0.5, 0.6) is 11.5 Å². The van der Waals surface area contributed by atoms with Crippen LogP contribution in [-0.4, -0.2) is 50.6 Å². The minimum absolute atomic E-state index is 0.0582. The highest BCUT2D eigenvalue weighted by Crippen LogP contribution is 2.18. The van der Waals surface area contributed by atoms with Gasteiger partial charge >= 0.3 is 0 Å². The Balaban J connectivity index is 1.86. The number of hydrogen-bond donors (Lipinski definition) is 1. The molecule has 0 spiro atoms. The van der Waals surface area contributed by atoms with Gasteiger partial charge in [0.2, 0.25) is 5.91 Å². The number of carbonyl (C=O) groups excluding carboxylic acids is 2. The van der Waals surface area contributed by atoms with Gasteiger partial charge in [0.15, 0.2) is 0 Å². The van der Waals surface area contributed by atoms with Gasteiger partial charge in [0.1, 0.15) is 24.7 Å². The van der Waals surface area contributed by atoms with Crippen molar-refractivity contribution < 1.29 is 19.1 Å². The zero-order valence-corrected chi connectivity index (χ0v) is 14.4. The van der Waals surface area contributed by atoms with E-state index in [9.17, 15) is 9.59 Å². The highest BCUT2D eigenvalue weighted by atomic mass is 16.5. The Morgan fingerprint density at radius 3 is 2.28 bits per heavy atom. The smallest absolute Gasteiger partial charge is 0.255 e. The lowest BCUT2D eigenvalue weighted by Gasteiger charge is -2.13. The summed E-state index contributed by atoms with van der Waals surface area (Å²) in [4.78, 5) is 25.2. The number of ether oxygens (including phenoxy) is 2. The molecule has 0 radical (unpaired) electrons. The molecule has 0 fully saturated rings. The third-order valence-corrected chi connectivity index (χ3v) is 3.38. The molecule has 6 nitrogen and oxygen atoms in total. The Kier molecular flexibility index (Phi) is 6.83. The van der Waals surface area contributed by atoms with Crippen LogP contribution < -0.4 is 14.8 Å². The van der Waals surface area contributed by atoms with E-state index in [2.05, 4.69) is 5.32 Å². The van der Waals surface area contributed by atoms with Crippen molar-refractivity contribution in [2.45, 2.75) is 0 Å². The molecule has 2 amide bonds. The number of nitrogens with one attached hydrogen (secondary N) is 1. The molecular formula is C19H22N2O4. The summed E-state index contributed by atoms with van der Waals surface area (Å²) in [5.41, 5.74) is 0.383. The van der Waals surface area contributed by atoms with Gasteiger partial charge in [-0.1, -0.05) is 30.3 Å². The van der Waals surface area contributed by atoms with Crippen LogP contribution in [0.15, 0.2) is 54.6 Å². The monoisotopic (exact) mass is 342 g/mol. The number of benzene rings is 2. The Hall–Kier alpha value is -3.02. The van der Waals surface area contributed by atoms with Gasteiger partial charge < -0.3 is 19.7 Å². The molecule has 0 aliphatic rings. The normalized spacial score (nSPS) is 10.0. The molecule has 0 atom stereocenters. The second-order valence-corrected chi connectivity index (χ2v) is 5.48. The fourth-order valence-corrected chi connectivity index (χ4v) is 2.02. The van der Waals surface area contributed by atoms with Crippen molar-refractivity contribution in [3.63, 3.8) is 0 Å². The largest absolute Gasteiger partial charge is 0.490 e. The minimum Gasteiger partial charge on any atom is -0.490 e. The number of para-hydroxylation sites is 2. The third kappa shape index (κ3) is 5.84. The number of rotatable bonds is 8. The summed E-state index contributed by atoms with van der Waals surface area (Å²) in [6.07, 6.45) is 0. The number of nitrogens with zero attached hydrogens (tertiary/aromatic N) is 1. The van der Waals surface area contributed by atoms with E-state index in [0.29, 0.717) is 24.5 Å². The summed E-state index contributed by atoms with van der Waals surface area (Å²) >= 11 is 0. The molecule has 132 valence electrons. The molecule has 2 aromatic rings. The average molecular weight is 342 g/mol. The average Bonchev–Trinajstić information content (AvgIpc) is 2.64. The molecule has 6 heteroatoms. The summed E-state index contributed by atoms with van der Waals surface area (Å²) in [5, 5.41) is 2.60. The second-order valence-electron chi connectivity index (χ2n) is 5.48. The van der Waals surface area contributed by atoms with Crippen LogP contribution in [0.2, 0.25) is 0 Å². The van der Waals surface area contributed by atoms with Gasteiger partial charge in [0.05, 0.1) is 12.1 Å². The van der Waals surface area contributed by atoms with Crippen molar-refractivity contribution in [2.75, 3.05) is 33.9 Å². The van der Waals surface area contributed by atoms with Crippen LogP contribution >= 0.6 is 0 Å².